The fraction of sp³-hybridized carbons (Fsp3) is 0.576. The second-order valence-corrected chi connectivity index (χ2v) is 15.1. The van der Waals surface area contributed by atoms with Gasteiger partial charge in [-0.2, -0.15) is 0 Å². The number of aliphatic hydroxyl groups excluding tert-OH is 3. The summed E-state index contributed by atoms with van der Waals surface area (Å²) >= 11 is 0. The highest BCUT2D eigenvalue weighted by Crippen LogP contribution is 2.48. The Morgan fingerprint density at radius 1 is 0.976 bits per heavy atom. The first-order chi connectivity index (χ1) is 19.7. The second-order valence-electron chi connectivity index (χ2n) is 12.7. The van der Waals surface area contributed by atoms with Gasteiger partial charge in [-0.25, -0.2) is 10.9 Å². The van der Waals surface area contributed by atoms with E-state index in [9.17, 15) is 24.9 Å². The Morgan fingerprint density at radius 3 is 2.26 bits per heavy atom. The van der Waals surface area contributed by atoms with Crippen LogP contribution in [0.2, 0.25) is 0 Å². The minimum absolute atomic E-state index is 0.101. The monoisotopic (exact) mass is 601 g/mol. The van der Waals surface area contributed by atoms with Crippen molar-refractivity contribution in [3.8, 4) is 0 Å². The molecule has 0 aromatic heterocycles. The van der Waals surface area contributed by atoms with Crippen molar-refractivity contribution in [3.05, 3.63) is 70.3 Å². The van der Waals surface area contributed by atoms with Gasteiger partial charge in [0.2, 0.25) is 11.8 Å². The predicted molar refractivity (Wildman–Crippen MR) is 172 cm³/mol. The first kappa shape index (κ1) is 34.1. The van der Waals surface area contributed by atoms with Crippen molar-refractivity contribution < 1.29 is 24.9 Å². The molecule has 0 spiro atoms. The number of nitrogens with zero attached hydrogens (tertiary/aromatic N) is 2. The number of likely N-dealkylation sites (N-methyl/N-ethyl adjacent to an activating group) is 2. The Morgan fingerprint density at radius 2 is 1.62 bits per heavy atom. The molecule has 4 N–H and O–H groups in total. The highest BCUT2D eigenvalue weighted by Gasteiger charge is 2.40. The van der Waals surface area contributed by atoms with Crippen LogP contribution in [-0.2, 0) is 22.4 Å². The Labute approximate surface area is 254 Å². The molecule has 0 bridgehead atoms. The zero-order valence-electron chi connectivity index (χ0n) is 26.3. The van der Waals surface area contributed by atoms with Crippen molar-refractivity contribution in [3.63, 3.8) is 0 Å². The Hall–Kier alpha value is -2.43. The second kappa shape index (κ2) is 14.8. The Balaban J connectivity index is 1.53. The quantitative estimate of drug-likeness (QED) is 0.239. The number of thiol groups is 1. The molecule has 234 valence electrons. The van der Waals surface area contributed by atoms with Crippen LogP contribution < -0.4 is 5.32 Å². The van der Waals surface area contributed by atoms with Crippen LogP contribution in [0.5, 0.6) is 0 Å². The summed E-state index contributed by atoms with van der Waals surface area (Å²) in [6, 6.07) is 14.7. The summed E-state index contributed by atoms with van der Waals surface area (Å²) in [5.41, 5.74) is 4.74. The van der Waals surface area contributed by atoms with Crippen molar-refractivity contribution >= 4 is 22.7 Å². The normalized spacial score (nSPS) is 23.5. The van der Waals surface area contributed by atoms with Crippen molar-refractivity contribution in [1.82, 2.24) is 15.1 Å². The first-order valence-corrected chi connectivity index (χ1v) is 16.9. The molecule has 0 saturated carbocycles. The van der Waals surface area contributed by atoms with Gasteiger partial charge in [0.05, 0.1) is 12.2 Å². The van der Waals surface area contributed by atoms with E-state index in [-0.39, 0.29) is 17.1 Å². The van der Waals surface area contributed by atoms with Crippen molar-refractivity contribution in [2.75, 3.05) is 46.2 Å². The zero-order valence-corrected chi connectivity index (χ0v) is 27.2. The number of aryl methyl sites for hydroxylation is 2. The van der Waals surface area contributed by atoms with E-state index in [0.717, 1.165) is 30.5 Å². The average Bonchev–Trinajstić information content (AvgIpc) is 2.92. The molecule has 1 saturated heterocycles. The van der Waals surface area contributed by atoms with Crippen LogP contribution in [0, 0.1) is 6.92 Å². The molecule has 3 rings (SSSR count). The number of hydrogen-bond acceptors (Lipinski definition) is 6. The zero-order chi connectivity index (χ0) is 31.2. The van der Waals surface area contributed by atoms with Crippen molar-refractivity contribution in [2.45, 2.75) is 75.6 Å². The number of nitrogens with one attached hydrogen (secondary N) is 1. The predicted octanol–water partition coefficient (Wildman–Crippen LogP) is 2.59. The van der Waals surface area contributed by atoms with Gasteiger partial charge in [0.25, 0.3) is 0 Å². The lowest BCUT2D eigenvalue weighted by atomic mass is 9.93. The molecular formula is C33H51N3O5S. The largest absolute Gasteiger partial charge is 0.390 e. The molecule has 1 unspecified atom stereocenters. The molecule has 9 heteroatoms. The molecule has 1 aliphatic rings. The van der Waals surface area contributed by atoms with Gasteiger partial charge >= 0.3 is 0 Å². The number of carbonyl (C=O) groups excluding carboxylic acids is 2. The average molecular weight is 602 g/mol. The number of carbonyl (C=O) groups is 2. The van der Waals surface area contributed by atoms with Gasteiger partial charge in [0.15, 0.2) is 0 Å². The van der Waals surface area contributed by atoms with Gasteiger partial charge < -0.3 is 30.4 Å². The van der Waals surface area contributed by atoms with Crippen LogP contribution in [0.25, 0.3) is 0 Å². The van der Waals surface area contributed by atoms with Gasteiger partial charge in [-0.3, -0.25) is 9.59 Å². The number of rotatable bonds is 12. The molecule has 2 amide bonds. The molecular weight excluding hydrogens is 550 g/mol. The van der Waals surface area contributed by atoms with E-state index in [1.165, 1.54) is 16.7 Å². The van der Waals surface area contributed by atoms with Crippen LogP contribution in [0.3, 0.4) is 0 Å². The fourth-order valence-corrected chi connectivity index (χ4v) is 8.00. The summed E-state index contributed by atoms with van der Waals surface area (Å²) < 4.78 is 0. The van der Waals surface area contributed by atoms with Crippen LogP contribution in [0.4, 0.5) is 0 Å². The smallest absolute Gasteiger partial charge is 0.247 e. The maximum atomic E-state index is 12.8. The summed E-state index contributed by atoms with van der Waals surface area (Å²) in [6.45, 7) is 6.95. The summed E-state index contributed by atoms with van der Waals surface area (Å²) in [5.74, 6) is 0.299. The summed E-state index contributed by atoms with van der Waals surface area (Å²) in [7, 11) is 5.03. The third-order valence-corrected chi connectivity index (χ3v) is 10.7. The van der Waals surface area contributed by atoms with Crippen molar-refractivity contribution in [1.29, 1.82) is 0 Å². The standard InChI is InChI=1S/C33H51N3O5S/c1-22-11-16-25(31-30(40)29(39)27(37)21-42(31)7)20-26(22)19-24-14-12-23(13-15-24)9-8-10-28(38)34-33(2,3)32(41)36(6)18-17-35(4)5/h11-16,20,27,29-31,37,39-40,42H,8-10,17-19,21H2,1-7H3,(H,34,38)/t27-,29-,30-,31+/m1/s1. The van der Waals surface area contributed by atoms with Gasteiger partial charge in [0, 0.05) is 37.6 Å². The number of amides is 2. The topological polar surface area (TPSA) is 113 Å². The van der Waals surface area contributed by atoms with E-state index in [2.05, 4.69) is 54.9 Å². The van der Waals surface area contributed by atoms with E-state index in [4.69, 9.17) is 0 Å². The highest BCUT2D eigenvalue weighted by molar-refractivity contribution is 8.16. The van der Waals surface area contributed by atoms with E-state index < -0.39 is 34.7 Å². The fourth-order valence-electron chi connectivity index (χ4n) is 5.60. The molecule has 42 heavy (non-hydrogen) atoms. The number of hydrogen-bond donors (Lipinski definition) is 5. The van der Waals surface area contributed by atoms with Gasteiger partial charge in [0.1, 0.15) is 11.6 Å². The molecule has 0 radical (unpaired) electrons. The van der Waals surface area contributed by atoms with Gasteiger partial charge in [-0.15, -0.1) is 0 Å². The van der Waals surface area contributed by atoms with E-state index in [0.29, 0.717) is 25.1 Å². The Bertz CT molecular complexity index is 1200. The molecule has 2 aromatic carbocycles. The number of benzene rings is 2. The highest BCUT2D eigenvalue weighted by atomic mass is 32.2. The molecule has 5 atom stereocenters. The van der Waals surface area contributed by atoms with Gasteiger partial charge in [-0.05, 0) is 88.2 Å². The SMILES string of the molecule is Cc1ccc([C@H]2[C@H](O)[C@H](O)[C@H](O)C[SH]2C)cc1Cc1ccc(CCCC(=O)NC(C)(C)C(=O)N(C)CCN(C)C)cc1. The summed E-state index contributed by atoms with van der Waals surface area (Å²) in [4.78, 5) is 29.1. The third-order valence-electron chi connectivity index (χ3n) is 8.23. The molecule has 1 fully saturated rings. The maximum absolute atomic E-state index is 12.8. The molecule has 1 aliphatic heterocycles. The lowest BCUT2D eigenvalue weighted by Crippen LogP contribution is -2.55. The van der Waals surface area contributed by atoms with Crippen LogP contribution in [-0.4, -0.2) is 107 Å². The Kier molecular flexibility index (Phi) is 12.0. The van der Waals surface area contributed by atoms with E-state index in [1.54, 1.807) is 25.8 Å². The lowest BCUT2D eigenvalue weighted by Gasteiger charge is -2.42. The summed E-state index contributed by atoms with van der Waals surface area (Å²) in [6.07, 6.45) is 1.69. The minimum Gasteiger partial charge on any atom is -0.390 e. The maximum Gasteiger partial charge on any atom is 0.247 e. The lowest BCUT2D eigenvalue weighted by molar-refractivity contribution is -0.139. The third kappa shape index (κ3) is 9.04. The van der Waals surface area contributed by atoms with E-state index in [1.807, 2.05) is 25.1 Å². The summed E-state index contributed by atoms with van der Waals surface area (Å²) in [5, 5.41) is 33.8. The molecule has 0 aliphatic carbocycles. The van der Waals surface area contributed by atoms with Crippen LogP contribution >= 0.6 is 10.9 Å². The molecule has 8 nitrogen and oxygen atoms in total. The van der Waals surface area contributed by atoms with E-state index >= 15 is 0 Å². The minimum atomic E-state index is -1.12. The van der Waals surface area contributed by atoms with Crippen LogP contribution in [0.15, 0.2) is 42.5 Å². The van der Waals surface area contributed by atoms with Crippen molar-refractivity contribution in [2.24, 2.45) is 0 Å². The number of aliphatic hydroxyl groups is 3. The first-order valence-electron chi connectivity index (χ1n) is 14.8. The van der Waals surface area contributed by atoms with Crippen LogP contribution in [0.1, 0.15) is 59.8 Å². The van der Waals surface area contributed by atoms with Gasteiger partial charge in [-0.1, -0.05) is 42.5 Å². The molecule has 2 aromatic rings. The molecule has 1 heterocycles.